The smallest absolute Gasteiger partial charge is 0.255 e. The van der Waals surface area contributed by atoms with Crippen molar-refractivity contribution in [3.8, 4) is 0 Å². The Bertz CT molecular complexity index is 1160. The Morgan fingerprint density at radius 1 is 0.967 bits per heavy atom. The maximum atomic E-state index is 12.6. The molecule has 0 aliphatic rings. The Hall–Kier alpha value is -2.83. The van der Waals surface area contributed by atoms with Gasteiger partial charge in [-0.3, -0.25) is 9.10 Å². The van der Waals surface area contributed by atoms with Crippen molar-refractivity contribution >= 4 is 38.9 Å². The molecule has 7 heteroatoms. The first kappa shape index (κ1) is 21.9. The summed E-state index contributed by atoms with van der Waals surface area (Å²) >= 11 is 5.91. The average molecular weight is 443 g/mol. The molecule has 1 amide bonds. The number of carbonyl (C=O) groups is 1. The largest absolute Gasteiger partial charge is 0.322 e. The van der Waals surface area contributed by atoms with Gasteiger partial charge in [-0.15, -0.1) is 0 Å². The van der Waals surface area contributed by atoms with Gasteiger partial charge in [-0.2, -0.15) is 0 Å². The third-order valence-corrected chi connectivity index (χ3v) is 6.30. The summed E-state index contributed by atoms with van der Waals surface area (Å²) in [7, 11) is -3.52. The van der Waals surface area contributed by atoms with Gasteiger partial charge in [0.2, 0.25) is 10.0 Å². The first-order valence-corrected chi connectivity index (χ1v) is 11.6. The standard InChI is InChI=1S/C23H23ClN2O3S/c1-16-5-4-6-22(17(16)2)25-23(27)19-9-13-21(14-10-19)26(30(3,28)29)15-18-7-11-20(24)12-8-18/h4-14H,15H2,1-3H3,(H,25,27). The molecule has 1 N–H and O–H groups in total. The quantitative estimate of drug-likeness (QED) is 0.572. The zero-order valence-electron chi connectivity index (χ0n) is 17.0. The zero-order chi connectivity index (χ0) is 21.9. The van der Waals surface area contributed by atoms with Crippen LogP contribution >= 0.6 is 11.6 Å². The van der Waals surface area contributed by atoms with Crippen LogP contribution in [0.4, 0.5) is 11.4 Å². The normalized spacial score (nSPS) is 11.2. The summed E-state index contributed by atoms with van der Waals surface area (Å²) in [5, 5.41) is 3.49. The van der Waals surface area contributed by atoms with Gasteiger partial charge in [0.25, 0.3) is 5.91 Å². The van der Waals surface area contributed by atoms with Crippen molar-refractivity contribution in [1.29, 1.82) is 0 Å². The molecule has 0 unspecified atom stereocenters. The van der Waals surface area contributed by atoms with Crippen LogP contribution in [-0.2, 0) is 16.6 Å². The number of halogens is 1. The number of hydrogen-bond acceptors (Lipinski definition) is 3. The van der Waals surface area contributed by atoms with Crippen LogP contribution in [0.5, 0.6) is 0 Å². The van der Waals surface area contributed by atoms with Crippen molar-refractivity contribution in [1.82, 2.24) is 0 Å². The maximum Gasteiger partial charge on any atom is 0.255 e. The van der Waals surface area contributed by atoms with Crippen molar-refractivity contribution in [2.75, 3.05) is 15.9 Å². The molecule has 5 nitrogen and oxygen atoms in total. The summed E-state index contributed by atoms with van der Waals surface area (Å²) < 4.78 is 26.0. The Morgan fingerprint density at radius 2 is 1.60 bits per heavy atom. The lowest BCUT2D eigenvalue weighted by atomic mass is 10.1. The first-order chi connectivity index (χ1) is 14.1. The van der Waals surface area contributed by atoms with Gasteiger partial charge in [0, 0.05) is 16.3 Å². The maximum absolute atomic E-state index is 12.6. The fourth-order valence-corrected chi connectivity index (χ4v) is 4.03. The van der Waals surface area contributed by atoms with Gasteiger partial charge >= 0.3 is 0 Å². The van der Waals surface area contributed by atoms with E-state index in [1.165, 1.54) is 4.31 Å². The molecule has 0 heterocycles. The predicted molar refractivity (Wildman–Crippen MR) is 123 cm³/mol. The third kappa shape index (κ3) is 5.20. The second kappa shape index (κ2) is 8.90. The molecule has 3 rings (SSSR count). The van der Waals surface area contributed by atoms with E-state index >= 15 is 0 Å². The van der Waals surface area contributed by atoms with E-state index in [2.05, 4.69) is 5.32 Å². The second-order valence-electron chi connectivity index (χ2n) is 7.14. The Morgan fingerprint density at radius 3 is 2.20 bits per heavy atom. The van der Waals surface area contributed by atoms with Crippen LogP contribution in [0.2, 0.25) is 5.02 Å². The molecular formula is C23H23ClN2O3S. The minimum atomic E-state index is -3.52. The summed E-state index contributed by atoms with van der Waals surface area (Å²) in [5.74, 6) is -0.251. The molecule has 0 radical (unpaired) electrons. The molecule has 0 spiro atoms. The number of nitrogens with one attached hydrogen (secondary N) is 1. The van der Waals surface area contributed by atoms with E-state index in [0.717, 1.165) is 28.6 Å². The molecule has 0 fully saturated rings. The van der Waals surface area contributed by atoms with Crippen LogP contribution in [0.3, 0.4) is 0 Å². The molecule has 0 bridgehead atoms. The molecule has 30 heavy (non-hydrogen) atoms. The molecule has 0 aliphatic carbocycles. The molecule has 0 aromatic heterocycles. The monoisotopic (exact) mass is 442 g/mol. The highest BCUT2D eigenvalue weighted by Crippen LogP contribution is 2.23. The van der Waals surface area contributed by atoms with E-state index in [9.17, 15) is 13.2 Å². The van der Waals surface area contributed by atoms with Crippen LogP contribution in [0.25, 0.3) is 0 Å². The Labute approximate surface area is 182 Å². The number of carbonyl (C=O) groups excluding carboxylic acids is 1. The van der Waals surface area contributed by atoms with Crippen molar-refractivity contribution in [3.63, 3.8) is 0 Å². The van der Waals surface area contributed by atoms with Crippen molar-refractivity contribution < 1.29 is 13.2 Å². The molecule has 0 atom stereocenters. The number of rotatable bonds is 6. The lowest BCUT2D eigenvalue weighted by Crippen LogP contribution is -2.29. The summed E-state index contributed by atoms with van der Waals surface area (Å²) in [5.41, 5.74) is 4.59. The first-order valence-electron chi connectivity index (χ1n) is 9.35. The van der Waals surface area contributed by atoms with Crippen LogP contribution in [-0.4, -0.2) is 20.6 Å². The van der Waals surface area contributed by atoms with Gasteiger partial charge in [-0.05, 0) is 73.0 Å². The zero-order valence-corrected chi connectivity index (χ0v) is 18.6. The number of benzene rings is 3. The second-order valence-corrected chi connectivity index (χ2v) is 9.49. The number of hydrogen-bond donors (Lipinski definition) is 1. The highest BCUT2D eigenvalue weighted by Gasteiger charge is 2.18. The minimum Gasteiger partial charge on any atom is -0.322 e. The number of amides is 1. The van der Waals surface area contributed by atoms with E-state index in [-0.39, 0.29) is 12.5 Å². The van der Waals surface area contributed by atoms with Gasteiger partial charge in [0.15, 0.2) is 0 Å². The third-order valence-electron chi connectivity index (χ3n) is 4.91. The SMILES string of the molecule is Cc1cccc(NC(=O)c2ccc(N(Cc3ccc(Cl)cc3)S(C)(=O)=O)cc2)c1C. The van der Waals surface area contributed by atoms with Crippen molar-refractivity contribution in [3.05, 3.63) is 94.0 Å². The van der Waals surface area contributed by atoms with Gasteiger partial charge in [-0.25, -0.2) is 8.42 Å². The Kier molecular flexibility index (Phi) is 6.48. The van der Waals surface area contributed by atoms with Gasteiger partial charge in [0.05, 0.1) is 18.5 Å². The predicted octanol–water partition coefficient (Wildman–Crippen LogP) is 5.18. The van der Waals surface area contributed by atoms with E-state index in [4.69, 9.17) is 11.6 Å². The van der Waals surface area contributed by atoms with Crippen molar-refractivity contribution in [2.45, 2.75) is 20.4 Å². The number of sulfonamides is 1. The lowest BCUT2D eigenvalue weighted by Gasteiger charge is -2.23. The average Bonchev–Trinajstić information content (AvgIpc) is 2.70. The van der Waals surface area contributed by atoms with Crippen LogP contribution in [0, 0.1) is 13.8 Å². The van der Waals surface area contributed by atoms with E-state index in [0.29, 0.717) is 16.3 Å². The van der Waals surface area contributed by atoms with Crippen LogP contribution in [0.1, 0.15) is 27.0 Å². The number of aryl methyl sites for hydroxylation is 1. The fourth-order valence-electron chi connectivity index (χ4n) is 3.02. The summed E-state index contributed by atoms with van der Waals surface area (Å²) in [6.45, 7) is 4.11. The lowest BCUT2D eigenvalue weighted by molar-refractivity contribution is 0.102. The molecule has 0 aliphatic heterocycles. The van der Waals surface area contributed by atoms with Crippen LogP contribution in [0.15, 0.2) is 66.7 Å². The molecule has 3 aromatic rings. The molecule has 3 aromatic carbocycles. The summed E-state index contributed by atoms with van der Waals surface area (Å²) in [4.78, 5) is 12.6. The van der Waals surface area contributed by atoms with Gasteiger partial charge in [0.1, 0.15) is 0 Å². The van der Waals surface area contributed by atoms with E-state index in [1.54, 1.807) is 48.5 Å². The van der Waals surface area contributed by atoms with E-state index < -0.39 is 10.0 Å². The Balaban J connectivity index is 1.81. The van der Waals surface area contributed by atoms with E-state index in [1.807, 2.05) is 32.0 Å². The van der Waals surface area contributed by atoms with Crippen molar-refractivity contribution in [2.24, 2.45) is 0 Å². The molecule has 156 valence electrons. The summed E-state index contributed by atoms with van der Waals surface area (Å²) in [6.07, 6.45) is 1.16. The fraction of sp³-hybridized carbons (Fsp3) is 0.174. The minimum absolute atomic E-state index is 0.171. The summed E-state index contributed by atoms with van der Waals surface area (Å²) in [6, 6.07) is 19.2. The molecular weight excluding hydrogens is 420 g/mol. The van der Waals surface area contributed by atoms with Gasteiger partial charge in [-0.1, -0.05) is 35.9 Å². The topological polar surface area (TPSA) is 66.5 Å². The highest BCUT2D eigenvalue weighted by molar-refractivity contribution is 7.92. The molecule has 0 saturated heterocycles. The molecule has 0 saturated carbocycles. The number of anilines is 2. The van der Waals surface area contributed by atoms with Gasteiger partial charge < -0.3 is 5.32 Å². The van der Waals surface area contributed by atoms with Crippen LogP contribution < -0.4 is 9.62 Å². The highest BCUT2D eigenvalue weighted by atomic mass is 35.5. The number of nitrogens with zero attached hydrogens (tertiary/aromatic N) is 1.